The Morgan fingerprint density at radius 3 is 2.63 bits per heavy atom. The van der Waals surface area contributed by atoms with E-state index >= 15 is 0 Å². The number of benzene rings is 1. The first kappa shape index (κ1) is 22.6. The van der Waals surface area contributed by atoms with E-state index in [1.807, 2.05) is 6.07 Å². The number of unbranched alkanes of at least 4 members (excludes halogenated alkanes) is 1. The second kappa shape index (κ2) is 11.9. The Hall–Kier alpha value is -2.12. The lowest BCUT2D eigenvalue weighted by Crippen LogP contribution is -2.44. The van der Waals surface area contributed by atoms with Gasteiger partial charge in [-0.15, -0.1) is 0 Å². The number of piperazine rings is 1. The number of nitrogens with one attached hydrogen (secondary N) is 2. The van der Waals surface area contributed by atoms with Gasteiger partial charge < -0.3 is 25.0 Å². The number of aliphatic imine (C=N–C) groups is 1. The first-order valence-electron chi connectivity index (χ1n) is 11.5. The van der Waals surface area contributed by atoms with Crippen LogP contribution in [0.4, 0.5) is 0 Å². The molecule has 0 radical (unpaired) electrons. The first-order valence-corrected chi connectivity index (χ1v) is 11.5. The predicted molar refractivity (Wildman–Crippen MR) is 126 cm³/mol. The van der Waals surface area contributed by atoms with Crippen molar-refractivity contribution in [3.63, 3.8) is 0 Å². The smallest absolute Gasteiger partial charge is 0.191 e. The van der Waals surface area contributed by atoms with Crippen LogP contribution in [0, 0.1) is 6.92 Å². The lowest BCUT2D eigenvalue weighted by atomic mass is 10.2. The molecule has 2 N–H and O–H groups in total. The van der Waals surface area contributed by atoms with Crippen LogP contribution < -0.4 is 10.6 Å². The molecule has 7 nitrogen and oxygen atoms in total. The quantitative estimate of drug-likeness (QED) is 0.356. The summed E-state index contributed by atoms with van der Waals surface area (Å²) in [7, 11) is 2.21. The van der Waals surface area contributed by atoms with Crippen LogP contribution in [0.25, 0.3) is 11.0 Å². The van der Waals surface area contributed by atoms with E-state index in [0.717, 1.165) is 49.9 Å². The van der Waals surface area contributed by atoms with Crippen molar-refractivity contribution in [2.75, 3.05) is 59.4 Å². The van der Waals surface area contributed by atoms with E-state index < -0.39 is 0 Å². The molecule has 2 heterocycles. The maximum atomic E-state index is 4.76. The summed E-state index contributed by atoms with van der Waals surface area (Å²) in [5, 5.41) is 6.86. The minimum atomic E-state index is 0.808. The minimum Gasteiger partial charge on any atom is -0.357 e. The molecule has 0 bridgehead atoms. The monoisotopic (exact) mass is 413 g/mol. The van der Waals surface area contributed by atoms with E-state index in [-0.39, 0.29) is 0 Å². The SMILES string of the molecule is CCNC(=NCCCn1c(C)nc2ccccc21)NCCCCN1CCN(C)CC1. The second-order valence-corrected chi connectivity index (χ2v) is 8.19. The fraction of sp³-hybridized carbons (Fsp3) is 0.652. The van der Waals surface area contributed by atoms with Gasteiger partial charge in [0.15, 0.2) is 5.96 Å². The predicted octanol–water partition coefficient (Wildman–Crippen LogP) is 2.32. The Morgan fingerprint density at radius 1 is 1.03 bits per heavy atom. The van der Waals surface area contributed by atoms with Gasteiger partial charge in [0, 0.05) is 52.4 Å². The number of likely N-dealkylation sites (N-methyl/N-ethyl adjacent to an activating group) is 1. The van der Waals surface area contributed by atoms with Crippen molar-refractivity contribution in [3.8, 4) is 0 Å². The number of hydrogen-bond acceptors (Lipinski definition) is 4. The summed E-state index contributed by atoms with van der Waals surface area (Å²) in [6.07, 6.45) is 3.42. The zero-order chi connectivity index (χ0) is 21.2. The minimum absolute atomic E-state index is 0.808. The van der Waals surface area contributed by atoms with Crippen molar-refractivity contribution in [2.45, 2.75) is 39.7 Å². The molecule has 1 aromatic carbocycles. The lowest BCUT2D eigenvalue weighted by molar-refractivity contribution is 0.152. The highest BCUT2D eigenvalue weighted by molar-refractivity contribution is 5.79. The molecule has 166 valence electrons. The third-order valence-corrected chi connectivity index (χ3v) is 5.79. The number of guanidine groups is 1. The third kappa shape index (κ3) is 6.71. The van der Waals surface area contributed by atoms with Gasteiger partial charge in [-0.05, 0) is 58.8 Å². The van der Waals surface area contributed by atoms with Crippen molar-refractivity contribution in [1.29, 1.82) is 0 Å². The van der Waals surface area contributed by atoms with Gasteiger partial charge in [-0.25, -0.2) is 4.98 Å². The van der Waals surface area contributed by atoms with Crippen molar-refractivity contribution in [2.24, 2.45) is 4.99 Å². The van der Waals surface area contributed by atoms with Crippen LogP contribution >= 0.6 is 0 Å². The summed E-state index contributed by atoms with van der Waals surface area (Å²) in [4.78, 5) is 14.4. The summed E-state index contributed by atoms with van der Waals surface area (Å²) < 4.78 is 2.30. The van der Waals surface area contributed by atoms with Crippen LogP contribution in [0.1, 0.15) is 32.0 Å². The number of imidazole rings is 1. The van der Waals surface area contributed by atoms with Crippen LogP contribution in [0.3, 0.4) is 0 Å². The summed E-state index contributed by atoms with van der Waals surface area (Å²) >= 11 is 0. The lowest BCUT2D eigenvalue weighted by Gasteiger charge is -2.32. The highest BCUT2D eigenvalue weighted by Gasteiger charge is 2.12. The van der Waals surface area contributed by atoms with Gasteiger partial charge in [0.05, 0.1) is 11.0 Å². The van der Waals surface area contributed by atoms with Gasteiger partial charge in [0.2, 0.25) is 0 Å². The van der Waals surface area contributed by atoms with E-state index in [0.29, 0.717) is 0 Å². The summed E-state index contributed by atoms with van der Waals surface area (Å²) in [5.74, 6) is 2.01. The maximum Gasteiger partial charge on any atom is 0.191 e. The highest BCUT2D eigenvalue weighted by Crippen LogP contribution is 2.15. The Kier molecular flexibility index (Phi) is 8.96. The molecule has 0 aliphatic carbocycles. The molecule has 0 unspecified atom stereocenters. The van der Waals surface area contributed by atoms with E-state index in [9.17, 15) is 0 Å². The Morgan fingerprint density at radius 2 is 1.83 bits per heavy atom. The van der Waals surface area contributed by atoms with Gasteiger partial charge in [-0.2, -0.15) is 0 Å². The largest absolute Gasteiger partial charge is 0.357 e. The van der Waals surface area contributed by atoms with E-state index in [1.54, 1.807) is 0 Å². The van der Waals surface area contributed by atoms with Crippen LogP contribution in [-0.4, -0.2) is 84.7 Å². The Bertz CT molecular complexity index is 790. The number of aromatic nitrogens is 2. The third-order valence-electron chi connectivity index (χ3n) is 5.79. The first-order chi connectivity index (χ1) is 14.7. The van der Waals surface area contributed by atoms with Crippen LogP contribution in [0.5, 0.6) is 0 Å². The molecule has 0 amide bonds. The van der Waals surface area contributed by atoms with Crippen LogP contribution in [0.15, 0.2) is 29.3 Å². The summed E-state index contributed by atoms with van der Waals surface area (Å²) in [6, 6.07) is 8.35. The Balaban J connectivity index is 1.36. The number of nitrogens with zero attached hydrogens (tertiary/aromatic N) is 5. The highest BCUT2D eigenvalue weighted by atomic mass is 15.2. The molecule has 1 saturated heterocycles. The van der Waals surface area contributed by atoms with Crippen molar-refractivity contribution < 1.29 is 0 Å². The second-order valence-electron chi connectivity index (χ2n) is 8.19. The zero-order valence-corrected chi connectivity index (χ0v) is 19.0. The number of para-hydroxylation sites is 2. The molecule has 0 atom stereocenters. The van der Waals surface area contributed by atoms with Crippen molar-refractivity contribution in [3.05, 3.63) is 30.1 Å². The average Bonchev–Trinajstić information content (AvgIpc) is 3.07. The molecule has 7 heteroatoms. The molecule has 0 saturated carbocycles. The fourth-order valence-electron chi connectivity index (χ4n) is 3.98. The van der Waals surface area contributed by atoms with Gasteiger partial charge in [-0.3, -0.25) is 4.99 Å². The number of rotatable bonds is 10. The standard InChI is InChI=1S/C23H39N7/c1-4-24-23(25-12-7-8-14-29-18-16-28(3)17-19-29)26-13-9-15-30-20(2)27-21-10-5-6-11-22(21)30/h5-6,10-11H,4,7-9,12-19H2,1-3H3,(H2,24,25,26). The summed E-state index contributed by atoms with van der Waals surface area (Å²) in [6.45, 7) is 13.8. The molecule has 1 fully saturated rings. The molecular formula is C23H39N7. The topological polar surface area (TPSA) is 60.7 Å². The molecule has 1 aliphatic heterocycles. The van der Waals surface area contributed by atoms with Gasteiger partial charge in [0.1, 0.15) is 5.82 Å². The normalized spacial score (nSPS) is 16.3. The number of fused-ring (bicyclic) bond motifs is 1. The fourth-order valence-corrected chi connectivity index (χ4v) is 3.98. The molecule has 3 rings (SSSR count). The van der Waals surface area contributed by atoms with E-state index in [4.69, 9.17) is 4.99 Å². The number of aryl methyl sites for hydroxylation is 2. The maximum absolute atomic E-state index is 4.76. The molecular weight excluding hydrogens is 374 g/mol. The van der Waals surface area contributed by atoms with E-state index in [2.05, 4.69) is 69.1 Å². The van der Waals surface area contributed by atoms with Gasteiger partial charge in [0.25, 0.3) is 0 Å². The van der Waals surface area contributed by atoms with Crippen LogP contribution in [-0.2, 0) is 6.54 Å². The van der Waals surface area contributed by atoms with Gasteiger partial charge in [-0.1, -0.05) is 12.1 Å². The van der Waals surface area contributed by atoms with Crippen molar-refractivity contribution in [1.82, 2.24) is 30.0 Å². The zero-order valence-electron chi connectivity index (χ0n) is 19.0. The van der Waals surface area contributed by atoms with E-state index in [1.165, 1.54) is 51.1 Å². The van der Waals surface area contributed by atoms with Crippen molar-refractivity contribution >= 4 is 17.0 Å². The molecule has 1 aliphatic rings. The molecule has 1 aromatic heterocycles. The molecule has 30 heavy (non-hydrogen) atoms. The summed E-state index contributed by atoms with van der Waals surface area (Å²) in [5.41, 5.74) is 2.29. The Labute approximate surface area is 181 Å². The average molecular weight is 414 g/mol. The molecule has 0 spiro atoms. The van der Waals surface area contributed by atoms with Crippen LogP contribution in [0.2, 0.25) is 0 Å². The number of hydrogen-bond donors (Lipinski definition) is 2. The van der Waals surface area contributed by atoms with Gasteiger partial charge >= 0.3 is 0 Å². The molecule has 2 aromatic rings.